The number of H-pyrrole nitrogens is 1. The Hall–Kier alpha value is -1.40. The summed E-state index contributed by atoms with van der Waals surface area (Å²) in [5, 5.41) is 7.44. The highest BCUT2D eigenvalue weighted by Gasteiger charge is 2.35. The summed E-state index contributed by atoms with van der Waals surface area (Å²) >= 11 is 0. The molecule has 3 heterocycles. The molecule has 164 valence electrons. The predicted octanol–water partition coefficient (Wildman–Crippen LogP) is 3.74. The molecule has 0 spiro atoms. The third-order valence-corrected chi connectivity index (χ3v) is 6.59. The number of amides is 1. The Morgan fingerprint density at radius 3 is 2.93 bits per heavy atom. The lowest BCUT2D eigenvalue weighted by atomic mass is 9.83. The Labute approximate surface area is 176 Å². The van der Waals surface area contributed by atoms with Gasteiger partial charge in [0.1, 0.15) is 5.69 Å². The minimum absolute atomic E-state index is 0.0704. The molecule has 1 amide bonds. The van der Waals surface area contributed by atoms with Crippen molar-refractivity contribution < 1.29 is 9.53 Å². The number of carbonyl (C=O) groups excluding carboxylic acids is 1. The molecule has 6 nitrogen and oxygen atoms in total. The number of aromatic nitrogens is 2. The zero-order valence-corrected chi connectivity index (χ0v) is 18.7. The van der Waals surface area contributed by atoms with E-state index in [0.29, 0.717) is 30.2 Å². The number of hydrogen-bond donors (Lipinski definition) is 1. The lowest BCUT2D eigenvalue weighted by Gasteiger charge is -2.45. The number of methoxy groups -OCH3 is 1. The fraction of sp³-hybridized carbons (Fsp3) is 0.826. The van der Waals surface area contributed by atoms with E-state index in [1.54, 1.807) is 7.11 Å². The molecule has 0 aromatic carbocycles. The fourth-order valence-corrected chi connectivity index (χ4v) is 4.95. The summed E-state index contributed by atoms with van der Waals surface area (Å²) in [5.41, 5.74) is 1.63. The average molecular weight is 405 g/mol. The minimum Gasteiger partial charge on any atom is -0.385 e. The molecule has 1 aromatic rings. The van der Waals surface area contributed by atoms with Gasteiger partial charge in [0, 0.05) is 38.5 Å². The smallest absolute Gasteiger partial charge is 0.274 e. The molecule has 3 rings (SSSR count). The number of piperidine rings is 2. The van der Waals surface area contributed by atoms with Crippen molar-refractivity contribution in [1.29, 1.82) is 0 Å². The van der Waals surface area contributed by atoms with Crippen LogP contribution >= 0.6 is 0 Å². The van der Waals surface area contributed by atoms with E-state index in [1.165, 1.54) is 45.2 Å². The number of rotatable bonds is 10. The van der Waals surface area contributed by atoms with Gasteiger partial charge in [0.05, 0.1) is 0 Å². The van der Waals surface area contributed by atoms with Crippen LogP contribution < -0.4 is 0 Å². The quantitative estimate of drug-likeness (QED) is 0.604. The highest BCUT2D eigenvalue weighted by Crippen LogP contribution is 2.31. The van der Waals surface area contributed by atoms with Gasteiger partial charge in [-0.1, -0.05) is 20.3 Å². The van der Waals surface area contributed by atoms with E-state index in [1.807, 2.05) is 11.0 Å². The molecule has 6 heteroatoms. The number of hydrogen-bond acceptors (Lipinski definition) is 4. The molecular weight excluding hydrogens is 364 g/mol. The molecule has 0 bridgehead atoms. The molecule has 1 N–H and O–H groups in total. The van der Waals surface area contributed by atoms with Crippen molar-refractivity contribution in [3.05, 3.63) is 17.5 Å². The molecule has 2 aliphatic heterocycles. The number of aromatic amines is 1. The van der Waals surface area contributed by atoms with Crippen LogP contribution in [0.3, 0.4) is 0 Å². The minimum atomic E-state index is 0.0704. The van der Waals surface area contributed by atoms with Crippen LogP contribution in [-0.2, 0) is 11.2 Å². The maximum absolute atomic E-state index is 13.3. The third kappa shape index (κ3) is 6.29. The maximum Gasteiger partial charge on any atom is 0.274 e. The first-order valence-electron chi connectivity index (χ1n) is 11.6. The van der Waals surface area contributed by atoms with Crippen LogP contribution in [0.1, 0.15) is 75.0 Å². The second-order valence-corrected chi connectivity index (χ2v) is 9.31. The monoisotopic (exact) mass is 404 g/mol. The Morgan fingerprint density at radius 2 is 2.14 bits per heavy atom. The first-order valence-corrected chi connectivity index (χ1v) is 11.6. The maximum atomic E-state index is 13.3. The standard InChI is InChI=1S/C23H40N4O2/c1-18(2)10-11-20-16-21(25-24-20)23(28)27(14-7-15-29-3)17-19-8-6-13-26-12-5-4-9-22(19)26/h16,18-19,22H,4-15,17H2,1-3H3,(H,24,25)/t19-,22-/m0/s1. The number of nitrogens with one attached hydrogen (secondary N) is 1. The lowest BCUT2D eigenvalue weighted by Crippen LogP contribution is -2.51. The number of nitrogens with zero attached hydrogens (tertiary/aromatic N) is 3. The van der Waals surface area contributed by atoms with Crippen molar-refractivity contribution in [3.8, 4) is 0 Å². The Bertz CT molecular complexity index is 628. The van der Waals surface area contributed by atoms with E-state index in [0.717, 1.165) is 38.0 Å². The molecule has 2 aliphatic rings. The van der Waals surface area contributed by atoms with Gasteiger partial charge in [0.2, 0.25) is 0 Å². The molecule has 0 saturated carbocycles. The van der Waals surface area contributed by atoms with Crippen molar-refractivity contribution >= 4 is 5.91 Å². The van der Waals surface area contributed by atoms with Crippen molar-refractivity contribution in [2.45, 2.75) is 71.3 Å². The van der Waals surface area contributed by atoms with Gasteiger partial charge in [-0.3, -0.25) is 9.89 Å². The molecule has 2 atom stereocenters. The summed E-state index contributed by atoms with van der Waals surface area (Å²) < 4.78 is 5.24. The van der Waals surface area contributed by atoms with Gasteiger partial charge in [0.15, 0.2) is 0 Å². The van der Waals surface area contributed by atoms with Gasteiger partial charge in [-0.15, -0.1) is 0 Å². The van der Waals surface area contributed by atoms with Gasteiger partial charge < -0.3 is 14.5 Å². The van der Waals surface area contributed by atoms with Crippen molar-refractivity contribution in [1.82, 2.24) is 20.0 Å². The summed E-state index contributed by atoms with van der Waals surface area (Å²) in [6, 6.07) is 2.61. The highest BCUT2D eigenvalue weighted by atomic mass is 16.5. The topological polar surface area (TPSA) is 61.5 Å². The molecule has 0 unspecified atom stereocenters. The van der Waals surface area contributed by atoms with Crippen molar-refractivity contribution in [3.63, 3.8) is 0 Å². The van der Waals surface area contributed by atoms with Crippen LogP contribution in [0, 0.1) is 11.8 Å². The van der Waals surface area contributed by atoms with Crippen LogP contribution in [0.25, 0.3) is 0 Å². The molecule has 0 aliphatic carbocycles. The number of aryl methyl sites for hydroxylation is 1. The predicted molar refractivity (Wildman–Crippen MR) is 116 cm³/mol. The Balaban J connectivity index is 1.66. The van der Waals surface area contributed by atoms with Crippen LogP contribution in [-0.4, -0.2) is 71.8 Å². The van der Waals surface area contributed by atoms with Gasteiger partial charge in [-0.2, -0.15) is 5.10 Å². The van der Waals surface area contributed by atoms with E-state index in [-0.39, 0.29) is 5.91 Å². The van der Waals surface area contributed by atoms with E-state index >= 15 is 0 Å². The molecule has 2 saturated heterocycles. The summed E-state index contributed by atoms with van der Waals surface area (Å²) in [5.74, 6) is 1.30. The Kier molecular flexibility index (Phi) is 8.54. The SMILES string of the molecule is COCCCN(C[C@@H]1CCCN2CCCC[C@@H]12)C(=O)c1cc(CCC(C)C)[nH]n1. The number of ether oxygens (including phenoxy) is 1. The van der Waals surface area contributed by atoms with E-state index in [2.05, 4.69) is 28.9 Å². The second-order valence-electron chi connectivity index (χ2n) is 9.31. The first-order chi connectivity index (χ1) is 14.1. The van der Waals surface area contributed by atoms with E-state index in [4.69, 9.17) is 4.74 Å². The molecule has 0 radical (unpaired) electrons. The van der Waals surface area contributed by atoms with Crippen molar-refractivity contribution in [2.24, 2.45) is 11.8 Å². The normalized spacial score (nSPS) is 22.6. The largest absolute Gasteiger partial charge is 0.385 e. The summed E-state index contributed by atoms with van der Waals surface area (Å²) in [4.78, 5) is 18.0. The Morgan fingerprint density at radius 1 is 1.31 bits per heavy atom. The van der Waals surface area contributed by atoms with E-state index < -0.39 is 0 Å². The van der Waals surface area contributed by atoms with Crippen molar-refractivity contribution in [2.75, 3.05) is 39.9 Å². The zero-order chi connectivity index (χ0) is 20.6. The van der Waals surface area contributed by atoms with Gasteiger partial charge >= 0.3 is 0 Å². The third-order valence-electron chi connectivity index (χ3n) is 6.59. The summed E-state index contributed by atoms with van der Waals surface area (Å²) in [6.07, 6.45) is 9.34. The first kappa shape index (κ1) is 22.3. The summed E-state index contributed by atoms with van der Waals surface area (Å²) in [7, 11) is 1.72. The molecular formula is C23H40N4O2. The lowest BCUT2D eigenvalue weighted by molar-refractivity contribution is 0.0344. The van der Waals surface area contributed by atoms with Gasteiger partial charge in [-0.05, 0) is 75.9 Å². The highest BCUT2D eigenvalue weighted by molar-refractivity contribution is 5.92. The average Bonchev–Trinajstić information content (AvgIpc) is 3.20. The summed E-state index contributed by atoms with van der Waals surface area (Å²) in [6.45, 7) is 9.18. The number of carbonyl (C=O) groups is 1. The van der Waals surface area contributed by atoms with Crippen LogP contribution in [0.4, 0.5) is 0 Å². The van der Waals surface area contributed by atoms with Crippen LogP contribution in [0.15, 0.2) is 6.07 Å². The zero-order valence-electron chi connectivity index (χ0n) is 18.7. The second kappa shape index (κ2) is 11.1. The molecule has 1 aromatic heterocycles. The molecule has 2 fully saturated rings. The fourth-order valence-electron chi connectivity index (χ4n) is 4.95. The van der Waals surface area contributed by atoms with E-state index in [9.17, 15) is 4.79 Å². The van der Waals surface area contributed by atoms with Crippen LogP contribution in [0.2, 0.25) is 0 Å². The van der Waals surface area contributed by atoms with Gasteiger partial charge in [-0.25, -0.2) is 0 Å². The van der Waals surface area contributed by atoms with Gasteiger partial charge in [0.25, 0.3) is 5.91 Å². The molecule has 29 heavy (non-hydrogen) atoms. The number of fused-ring (bicyclic) bond motifs is 1. The van der Waals surface area contributed by atoms with Crippen LogP contribution in [0.5, 0.6) is 0 Å².